The van der Waals surface area contributed by atoms with Crippen LogP contribution in [0.15, 0.2) is 0 Å². The Morgan fingerprint density at radius 1 is 1.22 bits per heavy atom. The van der Waals surface area contributed by atoms with Crippen LogP contribution >= 0.6 is 0 Å². The van der Waals surface area contributed by atoms with Gasteiger partial charge in [-0.2, -0.15) is 0 Å². The van der Waals surface area contributed by atoms with Crippen molar-refractivity contribution in [2.45, 2.75) is 63.8 Å². The van der Waals surface area contributed by atoms with E-state index >= 15 is 0 Å². The Morgan fingerprint density at radius 2 is 1.94 bits per heavy atom. The van der Waals surface area contributed by atoms with Crippen molar-refractivity contribution < 1.29 is 14.2 Å². The monoisotopic (exact) mass is 253 g/mol. The molecule has 3 saturated carbocycles. The van der Waals surface area contributed by atoms with Gasteiger partial charge in [-0.15, -0.1) is 0 Å². The van der Waals surface area contributed by atoms with Crippen LogP contribution in [0.5, 0.6) is 0 Å². The summed E-state index contributed by atoms with van der Waals surface area (Å²) in [5, 5.41) is 0. The highest BCUT2D eigenvalue weighted by molar-refractivity contribution is 5.14. The third kappa shape index (κ3) is 1.40. The van der Waals surface area contributed by atoms with Crippen LogP contribution in [-0.2, 0) is 14.2 Å². The summed E-state index contributed by atoms with van der Waals surface area (Å²) in [6.07, 6.45) is 6.65. The Kier molecular flexibility index (Phi) is 2.54. The molecule has 0 radical (unpaired) electrons. The molecule has 1 unspecified atom stereocenters. The molecule has 2 N–H and O–H groups in total. The maximum Gasteiger partial charge on any atom is 0.272 e. The Morgan fingerprint density at radius 3 is 2.50 bits per heavy atom. The van der Waals surface area contributed by atoms with Crippen molar-refractivity contribution in [2.24, 2.45) is 23.0 Å². The molecule has 0 aromatic heterocycles. The maximum atomic E-state index is 6.51. The summed E-state index contributed by atoms with van der Waals surface area (Å²) in [6.45, 7) is 2.17. The molecule has 18 heavy (non-hydrogen) atoms. The van der Waals surface area contributed by atoms with E-state index in [1.54, 1.807) is 0 Å². The van der Waals surface area contributed by atoms with Crippen LogP contribution < -0.4 is 5.73 Å². The fraction of sp³-hybridized carbons (Fsp3) is 1.00. The van der Waals surface area contributed by atoms with E-state index in [0.29, 0.717) is 18.1 Å². The minimum absolute atomic E-state index is 0.215. The van der Waals surface area contributed by atoms with Gasteiger partial charge >= 0.3 is 0 Å². The smallest absolute Gasteiger partial charge is 0.272 e. The number of ether oxygens (including phenoxy) is 3. The van der Waals surface area contributed by atoms with Crippen LogP contribution in [0.1, 0.15) is 39.0 Å². The molecule has 102 valence electrons. The van der Waals surface area contributed by atoms with Crippen molar-refractivity contribution >= 4 is 0 Å². The molecule has 0 aromatic rings. The standard InChI is InChI=1S/C14H23NO3/c1-2-16-13-17-10-6-14(7-11(10)18-13)9-4-3-8(5-9)12(14)15/h8-13H,2-7,15H2,1H3/t8-,9+,10-,11?,12+,13+,14+/m1/s1. The second-order valence-corrected chi connectivity index (χ2v) is 6.53. The summed E-state index contributed by atoms with van der Waals surface area (Å²) in [5.41, 5.74) is 6.83. The molecule has 4 aliphatic rings. The van der Waals surface area contributed by atoms with Gasteiger partial charge < -0.3 is 19.9 Å². The van der Waals surface area contributed by atoms with Gasteiger partial charge in [0.05, 0.1) is 12.2 Å². The summed E-state index contributed by atoms with van der Waals surface area (Å²) in [4.78, 5) is 0. The van der Waals surface area contributed by atoms with Crippen molar-refractivity contribution in [1.29, 1.82) is 0 Å². The first-order valence-electron chi connectivity index (χ1n) is 7.41. The van der Waals surface area contributed by atoms with Crippen molar-refractivity contribution in [2.75, 3.05) is 6.61 Å². The zero-order valence-corrected chi connectivity index (χ0v) is 11.0. The average Bonchev–Trinajstić information content (AvgIpc) is 3.02. The third-order valence-corrected chi connectivity index (χ3v) is 5.91. The van der Waals surface area contributed by atoms with Gasteiger partial charge in [-0.25, -0.2) is 0 Å². The van der Waals surface area contributed by atoms with Crippen LogP contribution in [0, 0.1) is 17.3 Å². The van der Waals surface area contributed by atoms with E-state index in [9.17, 15) is 0 Å². The van der Waals surface area contributed by atoms with Crippen LogP contribution in [0.3, 0.4) is 0 Å². The summed E-state index contributed by atoms with van der Waals surface area (Å²) in [6, 6.07) is 0.375. The van der Waals surface area contributed by atoms with Gasteiger partial charge in [-0.3, -0.25) is 0 Å². The van der Waals surface area contributed by atoms with Gasteiger partial charge in [-0.1, -0.05) is 0 Å². The van der Waals surface area contributed by atoms with Crippen molar-refractivity contribution in [3.8, 4) is 0 Å². The molecule has 7 atom stereocenters. The van der Waals surface area contributed by atoms with Crippen LogP contribution in [0.2, 0.25) is 0 Å². The predicted molar refractivity (Wildman–Crippen MR) is 65.6 cm³/mol. The first kappa shape index (κ1) is 11.6. The van der Waals surface area contributed by atoms with Gasteiger partial charge in [-0.05, 0) is 56.3 Å². The minimum Gasteiger partial charge on any atom is -0.330 e. The molecule has 3 aliphatic carbocycles. The highest BCUT2D eigenvalue weighted by Gasteiger charge is 2.63. The molecule has 1 aliphatic heterocycles. The number of nitrogens with two attached hydrogens (primary N) is 1. The Labute approximate surface area is 108 Å². The fourth-order valence-electron chi connectivity index (χ4n) is 5.11. The van der Waals surface area contributed by atoms with Crippen molar-refractivity contribution in [3.05, 3.63) is 0 Å². The third-order valence-electron chi connectivity index (χ3n) is 5.91. The zero-order valence-electron chi connectivity index (χ0n) is 11.0. The second-order valence-electron chi connectivity index (χ2n) is 6.53. The lowest BCUT2D eigenvalue weighted by molar-refractivity contribution is -0.247. The lowest BCUT2D eigenvalue weighted by atomic mass is 9.69. The first-order chi connectivity index (χ1) is 8.73. The van der Waals surface area contributed by atoms with Crippen molar-refractivity contribution in [1.82, 2.24) is 0 Å². The Hall–Kier alpha value is -0.160. The van der Waals surface area contributed by atoms with Gasteiger partial charge in [0.1, 0.15) is 0 Å². The quantitative estimate of drug-likeness (QED) is 0.812. The van der Waals surface area contributed by atoms with E-state index in [1.165, 1.54) is 19.3 Å². The summed E-state index contributed by atoms with van der Waals surface area (Å²) >= 11 is 0. The lowest BCUT2D eigenvalue weighted by Gasteiger charge is -2.40. The molecule has 2 bridgehead atoms. The van der Waals surface area contributed by atoms with E-state index in [-0.39, 0.29) is 12.2 Å². The topological polar surface area (TPSA) is 53.7 Å². The molecule has 1 spiro atoms. The fourth-order valence-corrected chi connectivity index (χ4v) is 5.11. The van der Waals surface area contributed by atoms with E-state index in [2.05, 4.69) is 0 Å². The minimum atomic E-state index is -0.433. The highest BCUT2D eigenvalue weighted by atomic mass is 16.9. The van der Waals surface area contributed by atoms with E-state index < -0.39 is 6.48 Å². The average molecular weight is 253 g/mol. The van der Waals surface area contributed by atoms with Gasteiger partial charge in [0.25, 0.3) is 6.48 Å². The molecule has 4 heteroatoms. The molecule has 1 heterocycles. The summed E-state index contributed by atoms with van der Waals surface area (Å²) < 4.78 is 17.1. The molecule has 0 aromatic carbocycles. The summed E-state index contributed by atoms with van der Waals surface area (Å²) in [7, 11) is 0. The molecular formula is C14H23NO3. The van der Waals surface area contributed by atoms with E-state index in [4.69, 9.17) is 19.9 Å². The van der Waals surface area contributed by atoms with Crippen LogP contribution in [0.25, 0.3) is 0 Å². The Bertz CT molecular complexity index is 330. The maximum absolute atomic E-state index is 6.51. The predicted octanol–water partition coefficient (Wildman–Crippen LogP) is 1.63. The van der Waals surface area contributed by atoms with Gasteiger partial charge in [0.15, 0.2) is 0 Å². The Balaban J connectivity index is 1.50. The molecule has 1 saturated heterocycles. The highest BCUT2D eigenvalue weighted by Crippen LogP contribution is 2.63. The second kappa shape index (κ2) is 3.92. The number of hydrogen-bond donors (Lipinski definition) is 1. The van der Waals surface area contributed by atoms with Gasteiger partial charge in [0.2, 0.25) is 0 Å². The van der Waals surface area contributed by atoms with E-state index in [0.717, 1.165) is 24.7 Å². The summed E-state index contributed by atoms with van der Waals surface area (Å²) in [5.74, 6) is 1.58. The van der Waals surface area contributed by atoms with Crippen LogP contribution in [-0.4, -0.2) is 31.3 Å². The first-order valence-corrected chi connectivity index (χ1v) is 7.41. The normalized spacial score (nSPS) is 57.7. The lowest BCUT2D eigenvalue weighted by Crippen LogP contribution is -2.45. The van der Waals surface area contributed by atoms with Gasteiger partial charge in [0, 0.05) is 12.6 Å². The molecular weight excluding hydrogens is 230 g/mol. The SMILES string of the molecule is CCO[C@@H]1OC2C[C@@]3(C[C@H]2O1)[C@H]1CC[C@H](C1)[C@@H]3N. The molecule has 4 rings (SSSR count). The number of hydrogen-bond acceptors (Lipinski definition) is 4. The van der Waals surface area contributed by atoms with Crippen LogP contribution in [0.4, 0.5) is 0 Å². The number of rotatable bonds is 2. The van der Waals surface area contributed by atoms with E-state index in [1.807, 2.05) is 6.92 Å². The zero-order chi connectivity index (χ0) is 12.3. The number of fused-ring (bicyclic) bond motifs is 4. The molecule has 4 fully saturated rings. The molecule has 0 amide bonds. The van der Waals surface area contributed by atoms with Crippen molar-refractivity contribution in [3.63, 3.8) is 0 Å². The molecule has 4 nitrogen and oxygen atoms in total. The largest absolute Gasteiger partial charge is 0.330 e.